The number of ether oxygens (including phenoxy) is 1. The Morgan fingerprint density at radius 2 is 1.88 bits per heavy atom. The van der Waals surface area contributed by atoms with Gasteiger partial charge in [-0.2, -0.15) is 0 Å². The van der Waals surface area contributed by atoms with Crippen LogP contribution in [0, 0.1) is 6.92 Å². The van der Waals surface area contributed by atoms with Crippen LogP contribution in [0.25, 0.3) is 0 Å². The van der Waals surface area contributed by atoms with Crippen LogP contribution < -0.4 is 10.1 Å². The summed E-state index contributed by atoms with van der Waals surface area (Å²) in [5.74, 6) is -0.311. The Morgan fingerprint density at radius 1 is 1.16 bits per heavy atom. The summed E-state index contributed by atoms with van der Waals surface area (Å²) in [6, 6.07) is 12.5. The van der Waals surface area contributed by atoms with Crippen molar-refractivity contribution in [1.29, 1.82) is 0 Å². The number of para-hydroxylation sites is 1. The maximum absolute atomic E-state index is 12.2. The average molecular weight is 341 g/mol. The second-order valence-electron chi connectivity index (χ2n) is 5.97. The van der Waals surface area contributed by atoms with E-state index >= 15 is 0 Å². The molecule has 1 amide bonds. The number of amides is 1. The highest BCUT2D eigenvalue weighted by Crippen LogP contribution is 2.28. The molecule has 0 saturated heterocycles. The molecular formula is C20H23NO4. The molecule has 0 fully saturated rings. The van der Waals surface area contributed by atoms with Crippen molar-refractivity contribution in [3.63, 3.8) is 0 Å². The Kier molecular flexibility index (Phi) is 6.17. The number of hydrogen-bond acceptors (Lipinski definition) is 3. The Labute approximate surface area is 147 Å². The molecule has 0 aromatic heterocycles. The minimum absolute atomic E-state index is 0.135. The van der Waals surface area contributed by atoms with Gasteiger partial charge in [-0.3, -0.25) is 4.79 Å². The second-order valence-corrected chi connectivity index (χ2v) is 5.97. The van der Waals surface area contributed by atoms with Gasteiger partial charge in [-0.25, -0.2) is 4.79 Å². The van der Waals surface area contributed by atoms with Gasteiger partial charge in [-0.1, -0.05) is 38.1 Å². The number of carboxylic acids is 1. The first-order valence-electron chi connectivity index (χ1n) is 8.28. The van der Waals surface area contributed by atoms with Crippen LogP contribution in [-0.2, 0) is 4.79 Å². The van der Waals surface area contributed by atoms with Crippen molar-refractivity contribution in [2.24, 2.45) is 0 Å². The van der Waals surface area contributed by atoms with Gasteiger partial charge in [0.25, 0.3) is 5.91 Å². The zero-order valence-corrected chi connectivity index (χ0v) is 14.7. The maximum Gasteiger partial charge on any atom is 0.336 e. The van der Waals surface area contributed by atoms with Crippen molar-refractivity contribution in [2.45, 2.75) is 33.1 Å². The standard InChI is InChI=1S/C20H23NO4/c1-4-13(2)15-8-5-6-11-18(15)25-12-19(22)21-17-10-7-9-16(14(17)3)20(23)24/h5-11,13H,4,12H2,1-3H3,(H,21,22)(H,23,24). The van der Waals surface area contributed by atoms with E-state index in [0.717, 1.165) is 12.0 Å². The van der Waals surface area contributed by atoms with E-state index in [9.17, 15) is 9.59 Å². The lowest BCUT2D eigenvalue weighted by atomic mass is 9.98. The lowest BCUT2D eigenvalue weighted by Crippen LogP contribution is -2.21. The molecule has 2 N–H and O–H groups in total. The minimum atomic E-state index is -1.02. The molecule has 25 heavy (non-hydrogen) atoms. The fraction of sp³-hybridized carbons (Fsp3) is 0.300. The molecule has 0 heterocycles. The molecule has 0 bridgehead atoms. The van der Waals surface area contributed by atoms with Crippen molar-refractivity contribution in [1.82, 2.24) is 0 Å². The Balaban J connectivity index is 2.05. The number of carbonyl (C=O) groups is 2. The third kappa shape index (κ3) is 4.59. The highest BCUT2D eigenvalue weighted by Gasteiger charge is 2.14. The van der Waals surface area contributed by atoms with Crippen LogP contribution in [0.15, 0.2) is 42.5 Å². The van der Waals surface area contributed by atoms with Crippen LogP contribution in [0.4, 0.5) is 5.69 Å². The fourth-order valence-electron chi connectivity index (χ4n) is 2.57. The summed E-state index contributed by atoms with van der Waals surface area (Å²) in [5, 5.41) is 11.9. The van der Waals surface area contributed by atoms with Gasteiger partial charge < -0.3 is 15.2 Å². The summed E-state index contributed by atoms with van der Waals surface area (Å²) >= 11 is 0. The van der Waals surface area contributed by atoms with E-state index in [1.807, 2.05) is 24.3 Å². The number of rotatable bonds is 7. The summed E-state index contributed by atoms with van der Waals surface area (Å²) in [6.07, 6.45) is 0.980. The Morgan fingerprint density at radius 3 is 2.56 bits per heavy atom. The average Bonchev–Trinajstić information content (AvgIpc) is 2.61. The first-order chi connectivity index (χ1) is 11.9. The predicted molar refractivity (Wildman–Crippen MR) is 97.4 cm³/mol. The number of hydrogen-bond donors (Lipinski definition) is 2. The summed E-state index contributed by atoms with van der Waals surface area (Å²) in [5.41, 5.74) is 2.23. The molecular weight excluding hydrogens is 318 g/mol. The first kappa shape index (κ1) is 18.5. The van der Waals surface area contributed by atoms with Gasteiger partial charge in [-0.05, 0) is 48.6 Å². The largest absolute Gasteiger partial charge is 0.483 e. The van der Waals surface area contributed by atoms with Gasteiger partial charge in [0.05, 0.1) is 5.56 Å². The Bertz CT molecular complexity index is 770. The number of benzene rings is 2. The minimum Gasteiger partial charge on any atom is -0.483 e. The normalized spacial score (nSPS) is 11.6. The molecule has 2 rings (SSSR count). The number of carboxylic acid groups (broad SMARTS) is 1. The van der Waals surface area contributed by atoms with E-state index in [2.05, 4.69) is 19.2 Å². The van der Waals surface area contributed by atoms with Crippen LogP contribution in [0.2, 0.25) is 0 Å². The Hall–Kier alpha value is -2.82. The van der Waals surface area contributed by atoms with Crippen LogP contribution >= 0.6 is 0 Å². The first-order valence-corrected chi connectivity index (χ1v) is 8.28. The second kappa shape index (κ2) is 8.33. The SMILES string of the molecule is CCC(C)c1ccccc1OCC(=O)Nc1cccc(C(=O)O)c1C. The van der Waals surface area contributed by atoms with Gasteiger partial charge in [0.2, 0.25) is 0 Å². The van der Waals surface area contributed by atoms with E-state index < -0.39 is 5.97 Å². The molecule has 2 aromatic rings. The van der Waals surface area contributed by atoms with Crippen molar-refractivity contribution in [3.8, 4) is 5.75 Å². The van der Waals surface area contributed by atoms with Crippen molar-refractivity contribution < 1.29 is 19.4 Å². The summed E-state index contributed by atoms with van der Waals surface area (Å²) < 4.78 is 5.68. The molecule has 0 spiro atoms. The number of nitrogens with one attached hydrogen (secondary N) is 1. The van der Waals surface area contributed by atoms with Crippen molar-refractivity contribution >= 4 is 17.6 Å². The lowest BCUT2D eigenvalue weighted by Gasteiger charge is -2.16. The van der Waals surface area contributed by atoms with Crippen LogP contribution in [0.3, 0.4) is 0 Å². The van der Waals surface area contributed by atoms with Gasteiger partial charge in [0.1, 0.15) is 5.75 Å². The maximum atomic E-state index is 12.2. The van der Waals surface area contributed by atoms with Crippen molar-refractivity contribution in [2.75, 3.05) is 11.9 Å². The highest BCUT2D eigenvalue weighted by atomic mass is 16.5. The monoisotopic (exact) mass is 341 g/mol. The molecule has 0 aliphatic carbocycles. The topological polar surface area (TPSA) is 75.6 Å². The van der Waals surface area contributed by atoms with Gasteiger partial charge in [0.15, 0.2) is 6.61 Å². The van der Waals surface area contributed by atoms with Gasteiger partial charge >= 0.3 is 5.97 Å². The molecule has 0 saturated carbocycles. The molecule has 1 unspecified atom stereocenters. The van der Waals surface area contributed by atoms with Gasteiger partial charge in [-0.15, -0.1) is 0 Å². The molecule has 5 heteroatoms. The summed E-state index contributed by atoms with van der Waals surface area (Å²) in [7, 11) is 0. The third-order valence-corrected chi connectivity index (χ3v) is 4.26. The van der Waals surface area contributed by atoms with E-state index in [0.29, 0.717) is 22.9 Å². The molecule has 132 valence electrons. The molecule has 5 nitrogen and oxygen atoms in total. The molecule has 0 radical (unpaired) electrons. The van der Waals surface area contributed by atoms with Gasteiger partial charge in [0, 0.05) is 5.69 Å². The molecule has 2 aromatic carbocycles. The van der Waals surface area contributed by atoms with E-state index in [4.69, 9.17) is 9.84 Å². The third-order valence-electron chi connectivity index (χ3n) is 4.26. The fourth-order valence-corrected chi connectivity index (χ4v) is 2.57. The zero-order chi connectivity index (χ0) is 18.4. The van der Waals surface area contributed by atoms with Crippen molar-refractivity contribution in [3.05, 3.63) is 59.2 Å². The predicted octanol–water partition coefficient (Wildman–Crippen LogP) is 4.22. The summed E-state index contributed by atoms with van der Waals surface area (Å²) in [6.45, 7) is 5.75. The number of carbonyl (C=O) groups excluding carboxylic acids is 1. The summed E-state index contributed by atoms with van der Waals surface area (Å²) in [4.78, 5) is 23.3. The molecule has 0 aliphatic rings. The number of anilines is 1. The van der Waals surface area contributed by atoms with Crippen LogP contribution in [0.5, 0.6) is 5.75 Å². The highest BCUT2D eigenvalue weighted by molar-refractivity contribution is 5.96. The lowest BCUT2D eigenvalue weighted by molar-refractivity contribution is -0.118. The number of aromatic carboxylic acids is 1. The molecule has 1 atom stereocenters. The molecule has 0 aliphatic heterocycles. The smallest absolute Gasteiger partial charge is 0.336 e. The van der Waals surface area contributed by atoms with Crippen LogP contribution in [0.1, 0.15) is 47.7 Å². The van der Waals surface area contributed by atoms with Crippen LogP contribution in [-0.4, -0.2) is 23.6 Å². The quantitative estimate of drug-likeness (QED) is 0.790. The van der Waals surface area contributed by atoms with E-state index in [1.54, 1.807) is 19.1 Å². The van der Waals surface area contributed by atoms with E-state index in [1.165, 1.54) is 6.07 Å². The van der Waals surface area contributed by atoms with E-state index in [-0.39, 0.29) is 18.1 Å². The zero-order valence-electron chi connectivity index (χ0n) is 14.7.